The number of esters is 1. The first-order chi connectivity index (χ1) is 9.61. The molecule has 0 spiro atoms. The van der Waals surface area contributed by atoms with Gasteiger partial charge in [0.05, 0.1) is 24.3 Å². The van der Waals surface area contributed by atoms with Gasteiger partial charge in [-0.15, -0.1) is 0 Å². The van der Waals surface area contributed by atoms with Gasteiger partial charge in [0.1, 0.15) is 0 Å². The molecule has 0 radical (unpaired) electrons. The number of hydrogen-bond donors (Lipinski definition) is 2. The summed E-state index contributed by atoms with van der Waals surface area (Å²) in [7, 11) is 1.29. The van der Waals surface area contributed by atoms with Gasteiger partial charge in [-0.3, -0.25) is 4.79 Å². The van der Waals surface area contributed by atoms with E-state index in [9.17, 15) is 9.59 Å². The molecule has 0 bridgehead atoms. The SMILES string of the molecule is COC(=O)c1cc(Cl)ccc1NC(=O)C1CCCNC1. The number of carbonyl (C=O) groups is 2. The highest BCUT2D eigenvalue weighted by atomic mass is 35.5. The number of nitrogens with one attached hydrogen (secondary N) is 2. The van der Waals surface area contributed by atoms with Gasteiger partial charge < -0.3 is 15.4 Å². The van der Waals surface area contributed by atoms with E-state index in [1.165, 1.54) is 13.2 Å². The lowest BCUT2D eigenvalue weighted by Crippen LogP contribution is -2.37. The molecule has 1 heterocycles. The molecule has 1 aliphatic heterocycles. The Balaban J connectivity index is 2.15. The Morgan fingerprint density at radius 3 is 2.90 bits per heavy atom. The molecule has 1 aliphatic rings. The molecule has 5 nitrogen and oxygen atoms in total. The number of methoxy groups -OCH3 is 1. The summed E-state index contributed by atoms with van der Waals surface area (Å²) in [5, 5.41) is 6.39. The van der Waals surface area contributed by atoms with Crippen LogP contribution in [-0.2, 0) is 9.53 Å². The molecule has 108 valence electrons. The molecule has 1 aromatic carbocycles. The molecule has 2 N–H and O–H groups in total. The van der Waals surface area contributed by atoms with E-state index in [2.05, 4.69) is 10.6 Å². The van der Waals surface area contributed by atoms with E-state index in [1.54, 1.807) is 12.1 Å². The molecule has 0 aliphatic carbocycles. The van der Waals surface area contributed by atoms with Crippen LogP contribution in [-0.4, -0.2) is 32.1 Å². The molecule has 0 saturated carbocycles. The fraction of sp³-hybridized carbons (Fsp3) is 0.429. The van der Waals surface area contributed by atoms with Crippen molar-refractivity contribution in [1.29, 1.82) is 0 Å². The maximum Gasteiger partial charge on any atom is 0.340 e. The molecular formula is C14H17ClN2O3. The monoisotopic (exact) mass is 296 g/mol. The number of benzene rings is 1. The maximum atomic E-state index is 12.2. The Bertz CT molecular complexity index is 513. The van der Waals surface area contributed by atoms with E-state index in [4.69, 9.17) is 16.3 Å². The average Bonchev–Trinajstić information content (AvgIpc) is 2.49. The minimum absolute atomic E-state index is 0.0788. The van der Waals surface area contributed by atoms with E-state index < -0.39 is 5.97 Å². The van der Waals surface area contributed by atoms with Crippen LogP contribution >= 0.6 is 11.6 Å². The predicted molar refractivity (Wildman–Crippen MR) is 77.0 cm³/mol. The second-order valence-corrected chi connectivity index (χ2v) is 5.15. The third-order valence-electron chi connectivity index (χ3n) is 3.31. The van der Waals surface area contributed by atoms with Gasteiger partial charge in [-0.05, 0) is 37.6 Å². The van der Waals surface area contributed by atoms with Crippen molar-refractivity contribution < 1.29 is 14.3 Å². The molecule has 1 aromatic rings. The molecule has 0 aromatic heterocycles. The van der Waals surface area contributed by atoms with Crippen LogP contribution in [0.3, 0.4) is 0 Å². The molecule has 1 fully saturated rings. The number of amides is 1. The summed E-state index contributed by atoms with van der Waals surface area (Å²) in [5.74, 6) is -0.695. The number of anilines is 1. The zero-order valence-electron chi connectivity index (χ0n) is 11.2. The summed E-state index contributed by atoms with van der Waals surface area (Å²) in [4.78, 5) is 23.9. The van der Waals surface area contributed by atoms with Gasteiger partial charge in [0, 0.05) is 11.6 Å². The van der Waals surface area contributed by atoms with Crippen molar-refractivity contribution in [2.45, 2.75) is 12.8 Å². The zero-order valence-corrected chi connectivity index (χ0v) is 12.0. The molecule has 20 heavy (non-hydrogen) atoms. The normalized spacial score (nSPS) is 18.4. The Morgan fingerprint density at radius 2 is 2.25 bits per heavy atom. The van der Waals surface area contributed by atoms with Gasteiger partial charge in [-0.2, -0.15) is 0 Å². The summed E-state index contributed by atoms with van der Waals surface area (Å²) < 4.78 is 4.70. The van der Waals surface area contributed by atoms with Gasteiger partial charge in [0.15, 0.2) is 0 Å². The molecule has 2 rings (SSSR count). The highest BCUT2D eigenvalue weighted by Gasteiger charge is 2.22. The van der Waals surface area contributed by atoms with Crippen molar-refractivity contribution in [3.63, 3.8) is 0 Å². The molecular weight excluding hydrogens is 280 g/mol. The second-order valence-electron chi connectivity index (χ2n) is 4.71. The zero-order chi connectivity index (χ0) is 14.5. The van der Waals surface area contributed by atoms with Crippen LogP contribution in [0.25, 0.3) is 0 Å². The summed E-state index contributed by atoms with van der Waals surface area (Å²) in [5.41, 5.74) is 0.689. The van der Waals surface area contributed by atoms with Gasteiger partial charge in [-0.1, -0.05) is 11.6 Å². The third kappa shape index (κ3) is 3.49. The highest BCUT2D eigenvalue weighted by Crippen LogP contribution is 2.23. The molecule has 6 heteroatoms. The minimum atomic E-state index is -0.524. The summed E-state index contributed by atoms with van der Waals surface area (Å²) in [6.07, 6.45) is 1.82. The van der Waals surface area contributed by atoms with Crippen molar-refractivity contribution in [1.82, 2.24) is 5.32 Å². The van der Waals surface area contributed by atoms with Crippen LogP contribution in [0.4, 0.5) is 5.69 Å². The molecule has 1 saturated heterocycles. The van der Waals surface area contributed by atoms with Gasteiger partial charge >= 0.3 is 5.97 Å². The molecule has 1 amide bonds. The highest BCUT2D eigenvalue weighted by molar-refractivity contribution is 6.31. The lowest BCUT2D eigenvalue weighted by molar-refractivity contribution is -0.120. The largest absolute Gasteiger partial charge is 0.465 e. The number of hydrogen-bond acceptors (Lipinski definition) is 4. The van der Waals surface area contributed by atoms with Crippen molar-refractivity contribution in [3.05, 3.63) is 28.8 Å². The average molecular weight is 297 g/mol. The van der Waals surface area contributed by atoms with Crippen LogP contribution < -0.4 is 10.6 Å². The van der Waals surface area contributed by atoms with E-state index in [0.717, 1.165) is 19.4 Å². The van der Waals surface area contributed by atoms with E-state index in [0.29, 0.717) is 17.3 Å². The van der Waals surface area contributed by atoms with Crippen molar-refractivity contribution in [2.75, 3.05) is 25.5 Å². The Labute approximate surface area is 122 Å². The summed E-state index contributed by atoms with van der Waals surface area (Å²) in [6, 6.07) is 4.73. The van der Waals surface area contributed by atoms with Crippen LogP contribution in [0.1, 0.15) is 23.2 Å². The van der Waals surface area contributed by atoms with Crippen molar-refractivity contribution in [3.8, 4) is 0 Å². The number of halogens is 1. The Kier molecular flexibility index (Phi) is 4.98. The Hall–Kier alpha value is -1.59. The fourth-order valence-electron chi connectivity index (χ4n) is 2.21. The standard InChI is InChI=1S/C14H17ClN2O3/c1-20-14(19)11-7-10(15)4-5-12(11)17-13(18)9-3-2-6-16-8-9/h4-5,7,9,16H,2-3,6,8H2,1H3,(H,17,18). The quantitative estimate of drug-likeness (QED) is 0.838. The first-order valence-electron chi connectivity index (χ1n) is 6.51. The predicted octanol–water partition coefficient (Wildman–Crippen LogP) is 2.06. The van der Waals surface area contributed by atoms with Crippen LogP contribution in [0, 0.1) is 5.92 Å². The molecule has 1 atom stereocenters. The Morgan fingerprint density at radius 1 is 1.45 bits per heavy atom. The number of ether oxygens (including phenoxy) is 1. The lowest BCUT2D eigenvalue weighted by Gasteiger charge is -2.22. The van der Waals surface area contributed by atoms with Crippen molar-refractivity contribution >= 4 is 29.2 Å². The van der Waals surface area contributed by atoms with Crippen LogP contribution in [0.15, 0.2) is 18.2 Å². The number of carbonyl (C=O) groups excluding carboxylic acids is 2. The van der Waals surface area contributed by atoms with Gasteiger partial charge in [0.25, 0.3) is 0 Å². The second kappa shape index (κ2) is 6.72. The van der Waals surface area contributed by atoms with Crippen LogP contribution in [0.5, 0.6) is 0 Å². The number of rotatable bonds is 3. The third-order valence-corrected chi connectivity index (χ3v) is 3.55. The van der Waals surface area contributed by atoms with Gasteiger partial charge in [-0.25, -0.2) is 4.79 Å². The molecule has 1 unspecified atom stereocenters. The number of piperidine rings is 1. The fourth-order valence-corrected chi connectivity index (χ4v) is 2.39. The van der Waals surface area contributed by atoms with E-state index in [1.807, 2.05) is 0 Å². The minimum Gasteiger partial charge on any atom is -0.465 e. The summed E-state index contributed by atoms with van der Waals surface area (Å²) >= 11 is 5.87. The van der Waals surface area contributed by atoms with E-state index >= 15 is 0 Å². The van der Waals surface area contributed by atoms with Gasteiger partial charge in [0.2, 0.25) is 5.91 Å². The lowest BCUT2D eigenvalue weighted by atomic mass is 9.98. The topological polar surface area (TPSA) is 67.4 Å². The van der Waals surface area contributed by atoms with Crippen molar-refractivity contribution in [2.24, 2.45) is 5.92 Å². The summed E-state index contributed by atoms with van der Waals surface area (Å²) in [6.45, 7) is 1.60. The maximum absolute atomic E-state index is 12.2. The first kappa shape index (κ1) is 14.8. The van der Waals surface area contributed by atoms with E-state index in [-0.39, 0.29) is 17.4 Å². The first-order valence-corrected chi connectivity index (χ1v) is 6.89. The van der Waals surface area contributed by atoms with Crippen LogP contribution in [0.2, 0.25) is 5.02 Å². The smallest absolute Gasteiger partial charge is 0.340 e.